The molecule has 0 unspecified atom stereocenters. The highest BCUT2D eigenvalue weighted by molar-refractivity contribution is 7.89. The summed E-state index contributed by atoms with van der Waals surface area (Å²) in [5, 5.41) is 3.51. The summed E-state index contributed by atoms with van der Waals surface area (Å²) >= 11 is 6.33. The molecule has 1 aromatic rings. The molecular weight excluding hydrogens is 420 g/mol. The number of carbonyl (C=O) groups excluding carboxylic acids is 1. The van der Waals surface area contributed by atoms with Crippen molar-refractivity contribution >= 4 is 27.5 Å². The minimum atomic E-state index is -3.58. The van der Waals surface area contributed by atoms with Gasteiger partial charge in [0.15, 0.2) is 0 Å². The normalized spacial score (nSPS) is 34.3. The number of benzene rings is 1. The summed E-state index contributed by atoms with van der Waals surface area (Å²) in [4.78, 5) is 13.3. The highest BCUT2D eigenvalue weighted by Crippen LogP contribution is 2.61. The van der Waals surface area contributed by atoms with Gasteiger partial charge in [0.25, 0.3) is 5.91 Å². The molecule has 5 fully saturated rings. The van der Waals surface area contributed by atoms with Crippen LogP contribution < -0.4 is 5.32 Å². The van der Waals surface area contributed by atoms with E-state index in [-0.39, 0.29) is 27.8 Å². The molecule has 1 atom stereocenters. The molecule has 1 saturated heterocycles. The SMILES string of the molecule is C[C@H](NC(=O)c1cc(S(=O)(=O)N2CCCC2)ccc1Cl)C12CC3CC(CC(C3)C1)C2. The largest absolute Gasteiger partial charge is 0.349 e. The van der Waals surface area contributed by atoms with Gasteiger partial charge < -0.3 is 5.32 Å². The van der Waals surface area contributed by atoms with Crippen LogP contribution in [0.25, 0.3) is 0 Å². The molecule has 1 N–H and O–H groups in total. The molecule has 30 heavy (non-hydrogen) atoms. The second-order valence-corrected chi connectivity index (χ2v) is 12.6. The zero-order valence-corrected chi connectivity index (χ0v) is 19.1. The summed E-state index contributed by atoms with van der Waals surface area (Å²) in [6, 6.07) is 4.57. The molecule has 0 radical (unpaired) electrons. The van der Waals surface area contributed by atoms with E-state index in [0.29, 0.717) is 18.1 Å². The van der Waals surface area contributed by atoms with Crippen LogP contribution >= 0.6 is 11.6 Å². The Morgan fingerprint density at radius 1 is 1.10 bits per heavy atom. The lowest BCUT2D eigenvalue weighted by molar-refractivity contribution is -0.0688. The van der Waals surface area contributed by atoms with Crippen LogP contribution in [-0.4, -0.2) is 37.8 Å². The van der Waals surface area contributed by atoms with E-state index in [4.69, 9.17) is 11.6 Å². The predicted octanol–water partition coefficient (Wildman–Crippen LogP) is 4.46. The van der Waals surface area contributed by atoms with E-state index >= 15 is 0 Å². The van der Waals surface area contributed by atoms with E-state index in [1.54, 1.807) is 0 Å². The fourth-order valence-electron chi connectivity index (χ4n) is 7.05. The van der Waals surface area contributed by atoms with E-state index < -0.39 is 10.0 Å². The Morgan fingerprint density at radius 2 is 1.67 bits per heavy atom. The van der Waals surface area contributed by atoms with Crippen LogP contribution in [0.4, 0.5) is 0 Å². The zero-order valence-electron chi connectivity index (χ0n) is 17.6. The van der Waals surface area contributed by atoms with Crippen molar-refractivity contribution in [2.24, 2.45) is 23.2 Å². The van der Waals surface area contributed by atoms with Gasteiger partial charge in [-0.1, -0.05) is 11.6 Å². The van der Waals surface area contributed by atoms with E-state index in [1.165, 1.54) is 61.0 Å². The number of nitrogens with zero attached hydrogens (tertiary/aromatic N) is 1. The van der Waals surface area contributed by atoms with Crippen molar-refractivity contribution in [2.45, 2.75) is 69.2 Å². The summed E-state index contributed by atoms with van der Waals surface area (Å²) in [6.45, 7) is 3.20. The number of hydrogen-bond donors (Lipinski definition) is 1. The lowest BCUT2D eigenvalue weighted by atomic mass is 9.48. The second-order valence-electron chi connectivity index (χ2n) is 10.2. The van der Waals surface area contributed by atoms with Crippen LogP contribution in [0.15, 0.2) is 23.1 Å². The molecule has 1 amide bonds. The van der Waals surface area contributed by atoms with Gasteiger partial charge in [-0.2, -0.15) is 4.31 Å². The Bertz CT molecular complexity index is 920. The Balaban J connectivity index is 1.36. The van der Waals surface area contributed by atoms with Crippen LogP contribution in [0.3, 0.4) is 0 Å². The van der Waals surface area contributed by atoms with Crippen LogP contribution in [0, 0.1) is 23.2 Å². The summed E-state index contributed by atoms with van der Waals surface area (Å²) in [7, 11) is -3.58. The van der Waals surface area contributed by atoms with Gasteiger partial charge in [-0.25, -0.2) is 8.42 Å². The lowest BCUT2D eigenvalue weighted by Crippen LogP contribution is -2.55. The van der Waals surface area contributed by atoms with Crippen molar-refractivity contribution in [1.29, 1.82) is 0 Å². The van der Waals surface area contributed by atoms with Crippen molar-refractivity contribution in [3.05, 3.63) is 28.8 Å². The summed E-state index contributed by atoms with van der Waals surface area (Å²) in [6.07, 6.45) is 9.46. The first-order valence-corrected chi connectivity index (χ1v) is 13.2. The van der Waals surface area contributed by atoms with Gasteiger partial charge in [0.1, 0.15) is 0 Å². The molecule has 0 aromatic heterocycles. The number of nitrogens with one attached hydrogen (secondary N) is 1. The van der Waals surface area contributed by atoms with Crippen molar-refractivity contribution < 1.29 is 13.2 Å². The summed E-state index contributed by atoms with van der Waals surface area (Å²) in [5.41, 5.74) is 0.448. The molecular formula is C23H31ClN2O3S. The second kappa shape index (κ2) is 7.49. The van der Waals surface area contributed by atoms with Crippen LogP contribution in [0.5, 0.6) is 0 Å². The number of rotatable bonds is 5. The highest BCUT2D eigenvalue weighted by atomic mass is 35.5. The molecule has 1 heterocycles. The van der Waals surface area contributed by atoms with Crippen LogP contribution in [0.1, 0.15) is 68.6 Å². The van der Waals surface area contributed by atoms with E-state index in [2.05, 4.69) is 12.2 Å². The monoisotopic (exact) mass is 450 g/mol. The van der Waals surface area contributed by atoms with Crippen molar-refractivity contribution in [3.63, 3.8) is 0 Å². The maximum atomic E-state index is 13.2. The first-order chi connectivity index (χ1) is 14.3. The van der Waals surface area contributed by atoms with Gasteiger partial charge >= 0.3 is 0 Å². The zero-order chi connectivity index (χ0) is 21.1. The molecule has 5 nitrogen and oxygen atoms in total. The van der Waals surface area contributed by atoms with Gasteiger partial charge in [0.2, 0.25) is 10.0 Å². The molecule has 4 bridgehead atoms. The van der Waals surface area contributed by atoms with Crippen LogP contribution in [-0.2, 0) is 10.0 Å². The van der Waals surface area contributed by atoms with Crippen molar-refractivity contribution in [2.75, 3.05) is 13.1 Å². The van der Waals surface area contributed by atoms with Gasteiger partial charge in [0.05, 0.1) is 15.5 Å². The number of halogens is 1. The molecule has 7 heteroatoms. The summed E-state index contributed by atoms with van der Waals surface area (Å²) < 4.78 is 27.3. The van der Waals surface area contributed by atoms with Gasteiger partial charge in [-0.15, -0.1) is 0 Å². The molecule has 1 aliphatic heterocycles. The maximum Gasteiger partial charge on any atom is 0.253 e. The number of amides is 1. The van der Waals surface area contributed by atoms with Crippen LogP contribution in [0.2, 0.25) is 5.02 Å². The smallest absolute Gasteiger partial charge is 0.253 e. The van der Waals surface area contributed by atoms with E-state index in [0.717, 1.165) is 30.6 Å². The third-order valence-corrected chi connectivity index (χ3v) is 10.5. The molecule has 164 valence electrons. The highest BCUT2D eigenvalue weighted by Gasteiger charge is 2.53. The Labute approximate surface area is 184 Å². The first-order valence-electron chi connectivity index (χ1n) is 11.4. The fourth-order valence-corrected chi connectivity index (χ4v) is 8.80. The van der Waals surface area contributed by atoms with E-state index in [9.17, 15) is 13.2 Å². The third kappa shape index (κ3) is 3.49. The van der Waals surface area contributed by atoms with Crippen molar-refractivity contribution in [3.8, 4) is 0 Å². The quantitative estimate of drug-likeness (QED) is 0.720. The molecule has 4 aliphatic carbocycles. The van der Waals surface area contributed by atoms with Gasteiger partial charge in [0, 0.05) is 19.1 Å². The van der Waals surface area contributed by atoms with Gasteiger partial charge in [-0.05, 0) is 99.7 Å². The Morgan fingerprint density at radius 3 is 2.23 bits per heavy atom. The van der Waals surface area contributed by atoms with Crippen molar-refractivity contribution in [1.82, 2.24) is 9.62 Å². The molecule has 4 saturated carbocycles. The molecule has 6 rings (SSSR count). The third-order valence-electron chi connectivity index (χ3n) is 8.24. The predicted molar refractivity (Wildman–Crippen MR) is 117 cm³/mol. The fraction of sp³-hybridized carbons (Fsp3) is 0.696. The number of hydrogen-bond acceptors (Lipinski definition) is 3. The lowest BCUT2D eigenvalue weighted by Gasteiger charge is -2.59. The van der Waals surface area contributed by atoms with Gasteiger partial charge in [-0.3, -0.25) is 4.79 Å². The number of sulfonamides is 1. The topological polar surface area (TPSA) is 66.5 Å². The Kier molecular flexibility index (Phi) is 5.19. The summed E-state index contributed by atoms with van der Waals surface area (Å²) in [5.74, 6) is 2.18. The first kappa shape index (κ1) is 20.8. The molecule has 0 spiro atoms. The van der Waals surface area contributed by atoms with E-state index in [1.807, 2.05) is 0 Å². The minimum Gasteiger partial charge on any atom is -0.349 e. The minimum absolute atomic E-state index is 0.0633. The Hall–Kier alpha value is -1.11. The number of carbonyl (C=O) groups is 1. The average molecular weight is 451 g/mol. The molecule has 1 aromatic carbocycles. The average Bonchev–Trinajstić information content (AvgIpc) is 3.22. The molecule has 5 aliphatic rings. The standard InChI is InChI=1S/C23H31ClN2O3S/c1-15(23-12-16-8-17(13-23)10-18(9-16)14-23)25-22(27)20-11-19(4-5-21(20)24)30(28,29)26-6-2-3-7-26/h4-5,11,15-18H,2-3,6-10,12-14H2,1H3,(H,25,27)/t15-,16?,17?,18?,23?/m0/s1. The maximum absolute atomic E-state index is 13.2.